The van der Waals surface area contributed by atoms with Gasteiger partial charge in [-0.2, -0.15) is 0 Å². The summed E-state index contributed by atoms with van der Waals surface area (Å²) in [7, 11) is 0. The maximum atomic E-state index is 13.1. The summed E-state index contributed by atoms with van der Waals surface area (Å²) < 4.78 is 1.88. The lowest BCUT2D eigenvalue weighted by Gasteiger charge is -2.39. The minimum Gasteiger partial charge on any atom is -0.342 e. The van der Waals surface area contributed by atoms with Gasteiger partial charge in [-0.25, -0.2) is 4.98 Å². The Hall–Kier alpha value is -1.89. The molecule has 0 radical (unpaired) electrons. The number of fused-ring (bicyclic) bond motifs is 1. The normalized spacial score (nSPS) is 27.0. The number of amides is 2. The number of carbonyl (C=O) groups is 2. The lowest BCUT2D eigenvalue weighted by molar-refractivity contribution is -0.145. The smallest absolute Gasteiger partial charge is 0.274 e. The molecule has 0 aromatic carbocycles. The first-order valence-electron chi connectivity index (χ1n) is 9.15. The van der Waals surface area contributed by atoms with Crippen LogP contribution in [0.1, 0.15) is 42.6 Å². The number of carbonyl (C=O) groups excluding carboxylic acids is 2. The van der Waals surface area contributed by atoms with Gasteiger partial charge in [-0.1, -0.05) is 0 Å². The van der Waals surface area contributed by atoms with Crippen LogP contribution in [-0.4, -0.2) is 57.2 Å². The third-order valence-corrected chi connectivity index (χ3v) is 6.72. The van der Waals surface area contributed by atoms with Crippen molar-refractivity contribution in [3.8, 4) is 0 Å². The van der Waals surface area contributed by atoms with Crippen LogP contribution < -0.4 is 0 Å². The van der Waals surface area contributed by atoms with Crippen LogP contribution >= 0.6 is 11.3 Å². The highest BCUT2D eigenvalue weighted by Crippen LogP contribution is 2.42. The first-order valence-corrected chi connectivity index (χ1v) is 10.0. The van der Waals surface area contributed by atoms with E-state index in [9.17, 15) is 9.59 Å². The van der Waals surface area contributed by atoms with Gasteiger partial charge in [-0.3, -0.25) is 14.0 Å². The van der Waals surface area contributed by atoms with E-state index in [4.69, 9.17) is 0 Å². The van der Waals surface area contributed by atoms with Crippen LogP contribution in [0.15, 0.2) is 17.8 Å². The summed E-state index contributed by atoms with van der Waals surface area (Å²) in [6.07, 6.45) is 8.99. The highest BCUT2D eigenvalue weighted by Gasteiger charge is 2.50. The molecule has 2 saturated heterocycles. The molecule has 1 aliphatic carbocycles. The fraction of sp³-hybridized carbons (Fsp3) is 0.611. The molecule has 1 atom stereocenters. The molecule has 25 heavy (non-hydrogen) atoms. The van der Waals surface area contributed by atoms with Gasteiger partial charge in [0.2, 0.25) is 5.91 Å². The number of thiazole rings is 1. The second kappa shape index (κ2) is 5.56. The van der Waals surface area contributed by atoms with Crippen LogP contribution in [0, 0.1) is 11.3 Å². The van der Waals surface area contributed by atoms with E-state index in [-0.39, 0.29) is 17.2 Å². The SMILES string of the molecule is O=C(c1cn2ccsc2n1)N1CC[C@]2(CCCN(CC3CC3)C2=O)C1. The van der Waals surface area contributed by atoms with Crippen molar-refractivity contribution in [2.75, 3.05) is 26.2 Å². The van der Waals surface area contributed by atoms with E-state index in [2.05, 4.69) is 9.88 Å². The standard InChI is InChI=1S/C18H22N4O2S/c23-15(14-11-21-8-9-25-17(21)19-14)22-7-5-18(12-22)4-1-6-20(16(18)24)10-13-2-3-13/h8-9,11,13H,1-7,10,12H2/t18-/m1/s1. The Kier molecular flexibility index (Phi) is 3.42. The summed E-state index contributed by atoms with van der Waals surface area (Å²) in [6, 6.07) is 0. The van der Waals surface area contributed by atoms with Gasteiger partial charge < -0.3 is 9.80 Å². The number of aromatic nitrogens is 2. The van der Waals surface area contributed by atoms with Crippen molar-refractivity contribution in [3.63, 3.8) is 0 Å². The molecule has 0 bridgehead atoms. The maximum Gasteiger partial charge on any atom is 0.274 e. The average Bonchev–Trinajstić information content (AvgIpc) is 2.99. The molecule has 132 valence electrons. The third kappa shape index (κ3) is 2.56. The zero-order valence-corrected chi connectivity index (χ0v) is 15.0. The van der Waals surface area contributed by atoms with Gasteiger partial charge in [0.15, 0.2) is 4.96 Å². The first kappa shape index (κ1) is 15.4. The van der Waals surface area contributed by atoms with Crippen LogP contribution in [0.25, 0.3) is 4.96 Å². The van der Waals surface area contributed by atoms with E-state index < -0.39 is 0 Å². The number of piperidine rings is 1. The van der Waals surface area contributed by atoms with Crippen LogP contribution in [0.4, 0.5) is 0 Å². The number of likely N-dealkylation sites (tertiary alicyclic amines) is 2. The zero-order chi connectivity index (χ0) is 17.0. The monoisotopic (exact) mass is 358 g/mol. The molecule has 1 saturated carbocycles. The van der Waals surface area contributed by atoms with Crippen LogP contribution in [0.2, 0.25) is 0 Å². The maximum absolute atomic E-state index is 13.1. The van der Waals surface area contributed by atoms with E-state index in [1.807, 2.05) is 20.9 Å². The van der Waals surface area contributed by atoms with Crippen molar-refractivity contribution in [2.45, 2.75) is 32.1 Å². The molecule has 5 rings (SSSR count). The van der Waals surface area contributed by atoms with Crippen molar-refractivity contribution in [3.05, 3.63) is 23.5 Å². The minimum atomic E-state index is -0.347. The van der Waals surface area contributed by atoms with E-state index in [1.165, 1.54) is 24.2 Å². The zero-order valence-electron chi connectivity index (χ0n) is 14.2. The van der Waals surface area contributed by atoms with Gasteiger partial charge in [-0.05, 0) is 38.0 Å². The van der Waals surface area contributed by atoms with Crippen LogP contribution in [0.3, 0.4) is 0 Å². The molecule has 0 unspecified atom stereocenters. The van der Waals surface area contributed by atoms with Crippen molar-refractivity contribution >= 4 is 28.1 Å². The van der Waals surface area contributed by atoms with Crippen molar-refractivity contribution < 1.29 is 9.59 Å². The summed E-state index contributed by atoms with van der Waals surface area (Å²) in [5.41, 5.74) is 0.141. The Labute approximate surface area is 150 Å². The molecule has 2 aromatic heterocycles. The Bertz CT molecular complexity index is 811. The average molecular weight is 358 g/mol. The second-order valence-corrected chi connectivity index (χ2v) is 8.65. The molecule has 2 amide bonds. The Morgan fingerprint density at radius 1 is 1.32 bits per heavy atom. The number of hydrogen-bond acceptors (Lipinski definition) is 4. The molecule has 6 nitrogen and oxygen atoms in total. The Morgan fingerprint density at radius 3 is 3.00 bits per heavy atom. The number of nitrogens with zero attached hydrogens (tertiary/aromatic N) is 4. The van der Waals surface area contributed by atoms with Gasteiger partial charge in [0, 0.05) is 44.0 Å². The first-order chi connectivity index (χ1) is 12.1. The Balaban J connectivity index is 1.33. The van der Waals surface area contributed by atoms with Gasteiger partial charge in [0.1, 0.15) is 5.69 Å². The van der Waals surface area contributed by atoms with Crippen LogP contribution in [0.5, 0.6) is 0 Å². The number of rotatable bonds is 3. The fourth-order valence-corrected chi connectivity index (χ4v) is 5.06. The third-order valence-electron chi connectivity index (χ3n) is 5.95. The van der Waals surface area contributed by atoms with E-state index >= 15 is 0 Å². The molecule has 0 N–H and O–H groups in total. The summed E-state index contributed by atoms with van der Waals surface area (Å²) >= 11 is 1.52. The molecule has 3 fully saturated rings. The molecule has 7 heteroatoms. The number of hydrogen-bond donors (Lipinski definition) is 0. The Morgan fingerprint density at radius 2 is 2.20 bits per heavy atom. The summed E-state index contributed by atoms with van der Waals surface area (Å²) in [4.78, 5) is 35.1. The van der Waals surface area contributed by atoms with E-state index in [1.54, 1.807) is 6.20 Å². The van der Waals surface area contributed by atoms with Gasteiger partial charge >= 0.3 is 0 Å². The predicted molar refractivity (Wildman–Crippen MR) is 94.6 cm³/mol. The van der Waals surface area contributed by atoms with Crippen molar-refractivity contribution in [1.29, 1.82) is 0 Å². The van der Waals surface area contributed by atoms with Gasteiger partial charge in [0.05, 0.1) is 5.41 Å². The predicted octanol–water partition coefficient (Wildman–Crippen LogP) is 2.26. The summed E-state index contributed by atoms with van der Waals surface area (Å²) in [5, 5.41) is 1.95. The largest absolute Gasteiger partial charge is 0.342 e. The highest BCUT2D eigenvalue weighted by atomic mass is 32.1. The minimum absolute atomic E-state index is 0.0418. The van der Waals surface area contributed by atoms with Gasteiger partial charge in [0.25, 0.3) is 5.91 Å². The summed E-state index contributed by atoms with van der Waals surface area (Å²) in [5.74, 6) is 0.961. The number of imidazole rings is 1. The molecular formula is C18H22N4O2S. The lowest BCUT2D eigenvalue weighted by Crippen LogP contribution is -2.51. The molecule has 2 aromatic rings. The summed E-state index contributed by atoms with van der Waals surface area (Å²) in [6.45, 7) is 3.03. The van der Waals surface area contributed by atoms with Crippen LogP contribution in [-0.2, 0) is 4.79 Å². The fourth-order valence-electron chi connectivity index (χ4n) is 4.36. The molecule has 1 spiro atoms. The molecular weight excluding hydrogens is 336 g/mol. The van der Waals surface area contributed by atoms with Crippen molar-refractivity contribution in [2.24, 2.45) is 11.3 Å². The quantitative estimate of drug-likeness (QED) is 0.846. The second-order valence-electron chi connectivity index (χ2n) is 7.77. The topological polar surface area (TPSA) is 57.9 Å². The molecule has 4 heterocycles. The molecule has 3 aliphatic rings. The lowest BCUT2D eigenvalue weighted by atomic mass is 9.78. The van der Waals surface area contributed by atoms with Crippen molar-refractivity contribution in [1.82, 2.24) is 19.2 Å². The van der Waals surface area contributed by atoms with E-state index in [0.29, 0.717) is 18.8 Å². The molecule has 2 aliphatic heterocycles. The van der Waals surface area contributed by atoms with E-state index in [0.717, 1.165) is 43.2 Å². The highest BCUT2D eigenvalue weighted by molar-refractivity contribution is 7.15. The van der Waals surface area contributed by atoms with Gasteiger partial charge in [-0.15, -0.1) is 11.3 Å².